The molecule has 132 valence electrons. The Morgan fingerprint density at radius 1 is 1.13 bits per heavy atom. The van der Waals surface area contributed by atoms with Gasteiger partial charge in [0.2, 0.25) is 11.8 Å². The Labute approximate surface area is 144 Å². The maximum atomic E-state index is 12.4. The summed E-state index contributed by atoms with van der Waals surface area (Å²) in [5, 5.41) is 3.60. The molecule has 3 aliphatic rings. The van der Waals surface area contributed by atoms with Crippen LogP contribution in [0.15, 0.2) is 0 Å². The van der Waals surface area contributed by atoms with Crippen LogP contribution in [0.2, 0.25) is 0 Å². The minimum Gasteiger partial charge on any atom is -0.378 e. The Balaban J connectivity index is 0.00000192. The van der Waals surface area contributed by atoms with E-state index in [0.717, 1.165) is 12.8 Å². The van der Waals surface area contributed by atoms with Crippen LogP contribution in [0.25, 0.3) is 0 Å². The highest BCUT2D eigenvalue weighted by Crippen LogP contribution is 2.29. The molecule has 0 aromatic heterocycles. The van der Waals surface area contributed by atoms with E-state index in [0.29, 0.717) is 57.3 Å². The second-order valence-corrected chi connectivity index (χ2v) is 6.76. The van der Waals surface area contributed by atoms with E-state index in [1.807, 2.05) is 16.8 Å². The maximum Gasteiger partial charge on any atom is 0.223 e. The molecular formula is C16H28ClN3O3. The zero-order chi connectivity index (χ0) is 15.5. The fraction of sp³-hybridized carbons (Fsp3) is 0.875. The number of halogens is 1. The van der Waals surface area contributed by atoms with Crippen LogP contribution in [-0.4, -0.2) is 73.1 Å². The molecule has 0 saturated carbocycles. The number of nitrogens with one attached hydrogen (secondary N) is 1. The summed E-state index contributed by atoms with van der Waals surface area (Å²) < 4.78 is 5.24. The maximum absolute atomic E-state index is 12.4. The molecule has 3 fully saturated rings. The molecule has 2 amide bonds. The van der Waals surface area contributed by atoms with Crippen LogP contribution in [-0.2, 0) is 14.3 Å². The average molecular weight is 346 g/mol. The standard InChI is InChI=1S/C16H27N3O3.ClH/c1-18(14-10-12-2-3-13(11-14)17-12)15(20)4-5-16(21)19-6-8-22-9-7-19;/h12-14,17H,2-11H2,1H3;1H. The SMILES string of the molecule is CN(C(=O)CCC(=O)N1CCOCC1)C1CC2CCC(C1)N2.Cl. The third-order valence-corrected chi connectivity index (χ3v) is 5.31. The first-order valence-corrected chi connectivity index (χ1v) is 8.50. The van der Waals surface area contributed by atoms with Gasteiger partial charge >= 0.3 is 0 Å². The van der Waals surface area contributed by atoms with Gasteiger partial charge in [0.05, 0.1) is 13.2 Å². The summed E-state index contributed by atoms with van der Waals surface area (Å²) in [4.78, 5) is 28.2. The number of piperidine rings is 1. The quantitative estimate of drug-likeness (QED) is 0.818. The van der Waals surface area contributed by atoms with Crippen LogP contribution in [0, 0.1) is 0 Å². The molecule has 2 atom stereocenters. The summed E-state index contributed by atoms with van der Waals surface area (Å²) >= 11 is 0. The van der Waals surface area contributed by atoms with Gasteiger partial charge in [-0.15, -0.1) is 12.4 Å². The van der Waals surface area contributed by atoms with Gasteiger partial charge < -0.3 is 19.9 Å². The highest BCUT2D eigenvalue weighted by atomic mass is 35.5. The van der Waals surface area contributed by atoms with Gasteiger partial charge in [-0.1, -0.05) is 0 Å². The van der Waals surface area contributed by atoms with Crippen molar-refractivity contribution in [3.8, 4) is 0 Å². The monoisotopic (exact) mass is 345 g/mol. The van der Waals surface area contributed by atoms with Gasteiger partial charge in [0.15, 0.2) is 0 Å². The summed E-state index contributed by atoms with van der Waals surface area (Å²) in [5.41, 5.74) is 0. The van der Waals surface area contributed by atoms with Crippen LogP contribution in [0.4, 0.5) is 0 Å². The van der Waals surface area contributed by atoms with E-state index in [9.17, 15) is 9.59 Å². The molecule has 23 heavy (non-hydrogen) atoms. The molecule has 2 bridgehead atoms. The van der Waals surface area contributed by atoms with Gasteiger partial charge in [-0.05, 0) is 25.7 Å². The Hall–Kier alpha value is -0.850. The van der Waals surface area contributed by atoms with Crippen LogP contribution in [0.3, 0.4) is 0 Å². The number of hydrogen-bond acceptors (Lipinski definition) is 4. The molecule has 3 heterocycles. The number of nitrogens with zero attached hydrogens (tertiary/aromatic N) is 2. The summed E-state index contributed by atoms with van der Waals surface area (Å²) in [6.45, 7) is 2.52. The van der Waals surface area contributed by atoms with Crippen molar-refractivity contribution in [2.24, 2.45) is 0 Å². The fourth-order valence-corrected chi connectivity index (χ4v) is 3.91. The number of carbonyl (C=O) groups excluding carboxylic acids is 2. The highest BCUT2D eigenvalue weighted by molar-refractivity contribution is 5.85. The number of fused-ring (bicyclic) bond motifs is 2. The van der Waals surface area contributed by atoms with Crippen molar-refractivity contribution < 1.29 is 14.3 Å². The van der Waals surface area contributed by atoms with Crippen LogP contribution < -0.4 is 5.32 Å². The zero-order valence-corrected chi connectivity index (χ0v) is 14.6. The summed E-state index contributed by atoms with van der Waals surface area (Å²) in [6, 6.07) is 1.49. The van der Waals surface area contributed by atoms with E-state index in [1.165, 1.54) is 12.8 Å². The third kappa shape index (κ3) is 4.58. The van der Waals surface area contributed by atoms with Crippen molar-refractivity contribution in [1.82, 2.24) is 15.1 Å². The smallest absolute Gasteiger partial charge is 0.223 e. The van der Waals surface area contributed by atoms with Crippen LogP contribution >= 0.6 is 12.4 Å². The van der Waals surface area contributed by atoms with Gasteiger partial charge in [-0.2, -0.15) is 0 Å². The Morgan fingerprint density at radius 2 is 1.74 bits per heavy atom. The van der Waals surface area contributed by atoms with Crippen LogP contribution in [0.1, 0.15) is 38.5 Å². The van der Waals surface area contributed by atoms with Crippen molar-refractivity contribution in [3.05, 3.63) is 0 Å². The molecule has 7 heteroatoms. The first-order valence-electron chi connectivity index (χ1n) is 8.50. The van der Waals surface area contributed by atoms with E-state index in [-0.39, 0.29) is 24.2 Å². The van der Waals surface area contributed by atoms with Gasteiger partial charge in [0.25, 0.3) is 0 Å². The molecule has 0 aliphatic carbocycles. The van der Waals surface area contributed by atoms with E-state index < -0.39 is 0 Å². The average Bonchev–Trinajstić information content (AvgIpc) is 2.90. The predicted octanol–water partition coefficient (Wildman–Crippen LogP) is 0.789. The third-order valence-electron chi connectivity index (χ3n) is 5.31. The van der Waals surface area contributed by atoms with E-state index in [2.05, 4.69) is 5.32 Å². The lowest BCUT2D eigenvalue weighted by molar-refractivity contribution is -0.140. The molecule has 0 spiro atoms. The minimum atomic E-state index is 0. The summed E-state index contributed by atoms with van der Waals surface area (Å²) in [5.74, 6) is 0.184. The van der Waals surface area contributed by atoms with E-state index >= 15 is 0 Å². The first kappa shape index (κ1) is 18.5. The Morgan fingerprint density at radius 3 is 2.35 bits per heavy atom. The lowest BCUT2D eigenvalue weighted by Gasteiger charge is -2.35. The van der Waals surface area contributed by atoms with Gasteiger partial charge in [0, 0.05) is 51.1 Å². The van der Waals surface area contributed by atoms with E-state index in [1.54, 1.807) is 0 Å². The number of carbonyl (C=O) groups is 2. The second-order valence-electron chi connectivity index (χ2n) is 6.76. The summed E-state index contributed by atoms with van der Waals surface area (Å²) in [6.07, 6.45) is 5.22. The number of hydrogen-bond donors (Lipinski definition) is 1. The number of ether oxygens (including phenoxy) is 1. The molecule has 3 saturated heterocycles. The molecule has 2 unspecified atom stereocenters. The van der Waals surface area contributed by atoms with Crippen molar-refractivity contribution in [1.29, 1.82) is 0 Å². The van der Waals surface area contributed by atoms with Gasteiger partial charge in [-0.3, -0.25) is 9.59 Å². The normalized spacial score (nSPS) is 29.8. The highest BCUT2D eigenvalue weighted by Gasteiger charge is 2.36. The van der Waals surface area contributed by atoms with Crippen LogP contribution in [0.5, 0.6) is 0 Å². The van der Waals surface area contributed by atoms with Crippen molar-refractivity contribution in [2.75, 3.05) is 33.4 Å². The van der Waals surface area contributed by atoms with Gasteiger partial charge in [-0.25, -0.2) is 0 Å². The van der Waals surface area contributed by atoms with Crippen molar-refractivity contribution in [2.45, 2.75) is 56.7 Å². The molecular weight excluding hydrogens is 318 g/mol. The molecule has 6 nitrogen and oxygen atoms in total. The lowest BCUT2D eigenvalue weighted by Crippen LogP contribution is -2.49. The molecule has 0 aromatic rings. The minimum absolute atomic E-state index is 0. The predicted molar refractivity (Wildman–Crippen MR) is 89.6 cm³/mol. The number of amides is 2. The Kier molecular flexibility index (Phi) is 6.68. The molecule has 3 aliphatic heterocycles. The van der Waals surface area contributed by atoms with Crippen molar-refractivity contribution >= 4 is 24.2 Å². The van der Waals surface area contributed by atoms with Gasteiger partial charge in [0.1, 0.15) is 0 Å². The molecule has 0 aromatic carbocycles. The summed E-state index contributed by atoms with van der Waals surface area (Å²) in [7, 11) is 1.90. The number of morpholine rings is 1. The largest absolute Gasteiger partial charge is 0.378 e. The van der Waals surface area contributed by atoms with E-state index in [4.69, 9.17) is 4.74 Å². The fourth-order valence-electron chi connectivity index (χ4n) is 3.91. The number of rotatable bonds is 4. The zero-order valence-electron chi connectivity index (χ0n) is 13.8. The molecule has 3 rings (SSSR count). The lowest BCUT2D eigenvalue weighted by atomic mass is 9.98. The second kappa shape index (κ2) is 8.31. The molecule has 1 N–H and O–H groups in total. The molecule has 0 radical (unpaired) electrons. The topological polar surface area (TPSA) is 61.9 Å². The van der Waals surface area contributed by atoms with Crippen molar-refractivity contribution in [3.63, 3.8) is 0 Å². The Bertz CT molecular complexity index is 417. The first-order chi connectivity index (χ1) is 10.6.